The quantitative estimate of drug-likeness (QED) is 0.634. The van der Waals surface area contributed by atoms with E-state index < -0.39 is 0 Å². The minimum Gasteiger partial charge on any atom is -0.378 e. The Morgan fingerprint density at radius 1 is 1.11 bits per heavy atom. The molecule has 0 radical (unpaired) electrons. The molecule has 0 saturated carbocycles. The summed E-state index contributed by atoms with van der Waals surface area (Å²) in [5, 5.41) is 0. The second-order valence-electron chi connectivity index (χ2n) is 5.41. The third-order valence-electron chi connectivity index (χ3n) is 3.08. The predicted octanol–water partition coefficient (Wildman–Crippen LogP) is 1.99. The van der Waals surface area contributed by atoms with Crippen molar-refractivity contribution in [2.45, 2.75) is 52.7 Å². The molecule has 4 nitrogen and oxygen atoms in total. The summed E-state index contributed by atoms with van der Waals surface area (Å²) in [5.41, 5.74) is 0. The molecule has 18 heavy (non-hydrogen) atoms. The van der Waals surface area contributed by atoms with Crippen LogP contribution in [0.3, 0.4) is 0 Å². The highest BCUT2D eigenvalue weighted by Crippen LogP contribution is 1.99. The lowest BCUT2D eigenvalue weighted by Crippen LogP contribution is -2.33. The maximum atomic E-state index is 11.8. The number of carbonyl (C=O) groups excluding carboxylic acids is 1. The molecule has 108 valence electrons. The minimum atomic E-state index is 0.169. The molecule has 0 saturated heterocycles. The first kappa shape index (κ1) is 17.4. The van der Waals surface area contributed by atoms with Gasteiger partial charge >= 0.3 is 0 Å². The van der Waals surface area contributed by atoms with Gasteiger partial charge in [-0.25, -0.2) is 0 Å². The van der Waals surface area contributed by atoms with Gasteiger partial charge in [-0.05, 0) is 47.7 Å². The summed E-state index contributed by atoms with van der Waals surface area (Å²) in [6.45, 7) is 10.7. The Morgan fingerprint density at radius 3 is 2.22 bits per heavy atom. The third kappa shape index (κ3) is 8.48. The van der Waals surface area contributed by atoms with E-state index in [-0.39, 0.29) is 12.0 Å². The predicted molar refractivity (Wildman–Crippen MR) is 75.7 cm³/mol. The second-order valence-corrected chi connectivity index (χ2v) is 5.41. The third-order valence-corrected chi connectivity index (χ3v) is 3.08. The highest BCUT2D eigenvalue weighted by Gasteiger charge is 2.09. The van der Waals surface area contributed by atoms with Crippen LogP contribution in [0.1, 0.15) is 40.5 Å². The molecule has 0 heterocycles. The van der Waals surface area contributed by atoms with Gasteiger partial charge in [-0.2, -0.15) is 0 Å². The normalized spacial score (nSPS) is 11.6. The van der Waals surface area contributed by atoms with Gasteiger partial charge in [0.2, 0.25) is 5.91 Å². The van der Waals surface area contributed by atoms with Crippen molar-refractivity contribution in [2.75, 3.05) is 33.8 Å². The van der Waals surface area contributed by atoms with E-state index in [1.54, 1.807) is 4.90 Å². The number of carbonyl (C=O) groups is 1. The number of ether oxygens (including phenoxy) is 1. The molecule has 0 aromatic heterocycles. The van der Waals surface area contributed by atoms with Gasteiger partial charge < -0.3 is 14.5 Å². The molecule has 0 aromatic rings. The SMILES string of the molecule is CC(C)OCCC(=O)N(C)CCCN(C)C(C)C. The number of amides is 1. The topological polar surface area (TPSA) is 32.8 Å². The lowest BCUT2D eigenvalue weighted by molar-refractivity contribution is -0.131. The zero-order valence-electron chi connectivity index (χ0n) is 12.9. The molecular formula is C14H30N2O2. The number of nitrogens with zero attached hydrogens (tertiary/aromatic N) is 2. The summed E-state index contributed by atoms with van der Waals surface area (Å²) in [4.78, 5) is 15.9. The van der Waals surface area contributed by atoms with Crippen molar-refractivity contribution in [1.29, 1.82) is 0 Å². The summed E-state index contributed by atoms with van der Waals surface area (Å²) in [5.74, 6) is 0.169. The zero-order valence-corrected chi connectivity index (χ0v) is 12.9. The Hall–Kier alpha value is -0.610. The van der Waals surface area contributed by atoms with Crippen LogP contribution in [0.25, 0.3) is 0 Å². The highest BCUT2D eigenvalue weighted by molar-refractivity contribution is 5.75. The summed E-state index contributed by atoms with van der Waals surface area (Å²) >= 11 is 0. The average Bonchev–Trinajstić information content (AvgIpc) is 2.27. The second kappa shape index (κ2) is 9.34. The van der Waals surface area contributed by atoms with Crippen LogP contribution in [0.15, 0.2) is 0 Å². The fraction of sp³-hybridized carbons (Fsp3) is 0.929. The van der Waals surface area contributed by atoms with Crippen LogP contribution in [0.5, 0.6) is 0 Å². The first-order valence-corrected chi connectivity index (χ1v) is 6.90. The molecule has 0 spiro atoms. The Labute approximate surface area is 112 Å². The van der Waals surface area contributed by atoms with Gasteiger partial charge in [-0.15, -0.1) is 0 Å². The van der Waals surface area contributed by atoms with Gasteiger partial charge in [0.1, 0.15) is 0 Å². The van der Waals surface area contributed by atoms with Crippen molar-refractivity contribution in [3.63, 3.8) is 0 Å². The van der Waals surface area contributed by atoms with Gasteiger partial charge in [0.05, 0.1) is 19.1 Å². The van der Waals surface area contributed by atoms with Crippen molar-refractivity contribution in [2.24, 2.45) is 0 Å². The first-order valence-electron chi connectivity index (χ1n) is 6.90. The van der Waals surface area contributed by atoms with Crippen LogP contribution in [0, 0.1) is 0 Å². The van der Waals surface area contributed by atoms with Crippen LogP contribution in [-0.2, 0) is 9.53 Å². The van der Waals surface area contributed by atoms with Crippen molar-refractivity contribution in [3.8, 4) is 0 Å². The molecule has 0 unspecified atom stereocenters. The molecular weight excluding hydrogens is 228 g/mol. The summed E-state index contributed by atoms with van der Waals surface area (Å²) in [7, 11) is 3.98. The van der Waals surface area contributed by atoms with E-state index in [1.165, 1.54) is 0 Å². The minimum absolute atomic E-state index is 0.169. The van der Waals surface area contributed by atoms with Crippen LogP contribution in [-0.4, -0.2) is 61.6 Å². The Morgan fingerprint density at radius 2 is 1.72 bits per heavy atom. The van der Waals surface area contributed by atoms with Gasteiger partial charge in [-0.3, -0.25) is 4.79 Å². The van der Waals surface area contributed by atoms with Gasteiger partial charge in [0.25, 0.3) is 0 Å². The molecule has 0 aliphatic heterocycles. The Kier molecular flexibility index (Phi) is 9.02. The smallest absolute Gasteiger partial charge is 0.224 e. The molecule has 0 fully saturated rings. The van der Waals surface area contributed by atoms with E-state index in [4.69, 9.17) is 4.74 Å². The fourth-order valence-electron chi connectivity index (χ4n) is 1.51. The molecule has 0 aliphatic rings. The lowest BCUT2D eigenvalue weighted by atomic mass is 10.3. The average molecular weight is 258 g/mol. The molecule has 0 aliphatic carbocycles. The summed E-state index contributed by atoms with van der Waals surface area (Å²) in [6.07, 6.45) is 1.69. The Bertz CT molecular complexity index is 230. The number of hydrogen-bond donors (Lipinski definition) is 0. The monoisotopic (exact) mass is 258 g/mol. The number of rotatable bonds is 9. The largest absolute Gasteiger partial charge is 0.378 e. The van der Waals surface area contributed by atoms with E-state index in [2.05, 4.69) is 25.8 Å². The van der Waals surface area contributed by atoms with E-state index >= 15 is 0 Å². The van der Waals surface area contributed by atoms with Crippen LogP contribution >= 0.6 is 0 Å². The van der Waals surface area contributed by atoms with E-state index in [9.17, 15) is 4.79 Å². The molecule has 0 aromatic carbocycles. The van der Waals surface area contributed by atoms with Crippen LogP contribution in [0.2, 0.25) is 0 Å². The van der Waals surface area contributed by atoms with Crippen LogP contribution in [0.4, 0.5) is 0 Å². The lowest BCUT2D eigenvalue weighted by Gasteiger charge is -2.23. The summed E-state index contributed by atoms with van der Waals surface area (Å²) < 4.78 is 5.38. The Balaban J connectivity index is 3.68. The molecule has 0 atom stereocenters. The first-order chi connectivity index (χ1) is 8.34. The highest BCUT2D eigenvalue weighted by atomic mass is 16.5. The van der Waals surface area contributed by atoms with Crippen molar-refractivity contribution < 1.29 is 9.53 Å². The van der Waals surface area contributed by atoms with Gasteiger partial charge in [0.15, 0.2) is 0 Å². The van der Waals surface area contributed by atoms with E-state index in [0.29, 0.717) is 19.1 Å². The van der Waals surface area contributed by atoms with Gasteiger partial charge in [-0.1, -0.05) is 0 Å². The molecule has 0 N–H and O–H groups in total. The molecule has 1 amide bonds. The van der Waals surface area contributed by atoms with E-state index in [0.717, 1.165) is 19.5 Å². The van der Waals surface area contributed by atoms with Crippen LogP contribution < -0.4 is 0 Å². The fourth-order valence-corrected chi connectivity index (χ4v) is 1.51. The standard InChI is InChI=1S/C14H30N2O2/c1-12(2)15(5)9-7-10-16(6)14(17)8-11-18-13(3)4/h12-13H,7-11H2,1-6H3. The van der Waals surface area contributed by atoms with Crippen molar-refractivity contribution in [1.82, 2.24) is 9.80 Å². The maximum absolute atomic E-state index is 11.8. The molecule has 4 heteroatoms. The van der Waals surface area contributed by atoms with Gasteiger partial charge in [0, 0.05) is 19.6 Å². The zero-order chi connectivity index (χ0) is 14.1. The summed E-state index contributed by atoms with van der Waals surface area (Å²) in [6, 6.07) is 0.561. The maximum Gasteiger partial charge on any atom is 0.224 e. The van der Waals surface area contributed by atoms with Crippen molar-refractivity contribution >= 4 is 5.91 Å². The van der Waals surface area contributed by atoms with E-state index in [1.807, 2.05) is 20.9 Å². The number of hydrogen-bond acceptors (Lipinski definition) is 3. The molecule has 0 bridgehead atoms. The molecule has 0 rings (SSSR count). The van der Waals surface area contributed by atoms with Crippen molar-refractivity contribution in [3.05, 3.63) is 0 Å².